The highest BCUT2D eigenvalue weighted by molar-refractivity contribution is 5.69. The second kappa shape index (κ2) is 30.3. The third-order valence-electron chi connectivity index (χ3n) is 3.01. The molecule has 148 valence electrons. The van der Waals surface area contributed by atoms with Crippen molar-refractivity contribution in [1.29, 1.82) is 0 Å². The van der Waals surface area contributed by atoms with Crippen molar-refractivity contribution in [2.45, 2.75) is 98.8 Å². The summed E-state index contributed by atoms with van der Waals surface area (Å²) >= 11 is 0. The van der Waals surface area contributed by atoms with Crippen LogP contribution >= 0.6 is 0 Å². The number of ether oxygens (including phenoxy) is 2. The van der Waals surface area contributed by atoms with E-state index in [-0.39, 0.29) is 5.97 Å². The van der Waals surface area contributed by atoms with Gasteiger partial charge in [0.15, 0.2) is 0 Å². The first-order valence-electron chi connectivity index (χ1n) is 9.98. The van der Waals surface area contributed by atoms with Gasteiger partial charge in [-0.15, -0.1) is 0 Å². The van der Waals surface area contributed by atoms with E-state index in [4.69, 9.17) is 14.6 Å². The fourth-order valence-corrected chi connectivity index (χ4v) is 1.36. The maximum absolute atomic E-state index is 10.7. The molecule has 4 heteroatoms. The van der Waals surface area contributed by atoms with Crippen molar-refractivity contribution >= 4 is 5.97 Å². The predicted molar refractivity (Wildman–Crippen MR) is 103 cm³/mol. The Kier molecular flexibility index (Phi) is 35.6. The third-order valence-corrected chi connectivity index (χ3v) is 3.01. The van der Waals surface area contributed by atoms with E-state index in [0.717, 1.165) is 45.3 Å². The molecule has 0 rings (SSSR count). The number of carbonyl (C=O) groups is 1. The molecule has 0 bridgehead atoms. The summed E-state index contributed by atoms with van der Waals surface area (Å²) in [5.74, 6) is -0.0593. The van der Waals surface area contributed by atoms with Crippen molar-refractivity contribution in [2.24, 2.45) is 0 Å². The van der Waals surface area contributed by atoms with Gasteiger partial charge in [-0.1, -0.05) is 60.3 Å². The number of aliphatic hydroxyl groups is 1. The van der Waals surface area contributed by atoms with Gasteiger partial charge in [-0.2, -0.15) is 0 Å². The topological polar surface area (TPSA) is 55.8 Å². The molecule has 0 fully saturated rings. The maximum Gasteiger partial charge on any atom is 0.305 e. The molecule has 0 aliphatic rings. The van der Waals surface area contributed by atoms with Gasteiger partial charge in [0.05, 0.1) is 6.61 Å². The Bertz CT molecular complexity index is 200. The highest BCUT2D eigenvalue weighted by Crippen LogP contribution is 1.94. The Labute approximate surface area is 151 Å². The highest BCUT2D eigenvalue weighted by atomic mass is 16.5. The van der Waals surface area contributed by atoms with E-state index in [1.54, 1.807) is 0 Å². The smallest absolute Gasteiger partial charge is 0.305 e. The second-order valence-corrected chi connectivity index (χ2v) is 5.72. The summed E-state index contributed by atoms with van der Waals surface area (Å²) in [5.41, 5.74) is 0. The monoisotopic (exact) mass is 348 g/mol. The van der Waals surface area contributed by atoms with Crippen LogP contribution in [0.3, 0.4) is 0 Å². The molecule has 0 heterocycles. The Balaban J connectivity index is -0.000000291. The van der Waals surface area contributed by atoms with Crippen LogP contribution in [0.15, 0.2) is 0 Å². The summed E-state index contributed by atoms with van der Waals surface area (Å²) in [6, 6.07) is 0. The minimum atomic E-state index is -0.0593. The SMILES string of the molecule is CCCCO.CCCCOC(=O)CCC.CCCCOCCCC. The van der Waals surface area contributed by atoms with Gasteiger partial charge in [0, 0.05) is 26.2 Å². The van der Waals surface area contributed by atoms with Crippen molar-refractivity contribution in [3.8, 4) is 0 Å². The van der Waals surface area contributed by atoms with E-state index >= 15 is 0 Å². The van der Waals surface area contributed by atoms with E-state index in [0.29, 0.717) is 19.6 Å². The maximum atomic E-state index is 10.7. The molecule has 0 saturated heterocycles. The average molecular weight is 349 g/mol. The van der Waals surface area contributed by atoms with Gasteiger partial charge in [0.2, 0.25) is 0 Å². The molecule has 24 heavy (non-hydrogen) atoms. The van der Waals surface area contributed by atoms with Crippen molar-refractivity contribution in [2.75, 3.05) is 26.4 Å². The van der Waals surface area contributed by atoms with Crippen LogP contribution < -0.4 is 0 Å². The molecule has 0 aliphatic carbocycles. The molecular weight excluding hydrogens is 304 g/mol. The minimum Gasteiger partial charge on any atom is -0.466 e. The number of unbranched alkanes of at least 4 members (excludes halogenated alkanes) is 4. The van der Waals surface area contributed by atoms with Gasteiger partial charge in [-0.05, 0) is 32.1 Å². The number of carbonyl (C=O) groups excluding carboxylic acids is 1. The Morgan fingerprint density at radius 2 is 1.17 bits per heavy atom. The standard InChI is InChI=1S/C8H16O2.C8H18O.C4H10O/c1-3-5-7-10-8(9)6-4-2;1-3-5-7-9-8-6-4-2;1-2-3-4-5/h3-7H2,1-2H3;3-8H2,1-2H3;5H,2-4H2,1H3. The molecule has 1 N–H and O–H groups in total. The van der Waals surface area contributed by atoms with E-state index in [1.165, 1.54) is 25.7 Å². The van der Waals surface area contributed by atoms with Crippen molar-refractivity contribution < 1.29 is 19.4 Å². The van der Waals surface area contributed by atoms with Crippen molar-refractivity contribution in [1.82, 2.24) is 0 Å². The lowest BCUT2D eigenvalue weighted by atomic mass is 10.3. The van der Waals surface area contributed by atoms with Crippen LogP contribution in [0.2, 0.25) is 0 Å². The number of aliphatic hydroxyl groups excluding tert-OH is 1. The van der Waals surface area contributed by atoms with Crippen LogP contribution in [0.4, 0.5) is 0 Å². The molecule has 0 aromatic heterocycles. The van der Waals surface area contributed by atoms with Gasteiger partial charge in [-0.3, -0.25) is 4.79 Å². The Hall–Kier alpha value is -0.610. The summed E-state index contributed by atoms with van der Waals surface area (Å²) < 4.78 is 10.2. The fourth-order valence-electron chi connectivity index (χ4n) is 1.36. The van der Waals surface area contributed by atoms with Crippen LogP contribution in [-0.4, -0.2) is 37.5 Å². The van der Waals surface area contributed by atoms with Gasteiger partial charge in [0.1, 0.15) is 0 Å². The summed E-state index contributed by atoms with van der Waals surface area (Å²) in [6.07, 6.45) is 10.5. The Morgan fingerprint density at radius 1 is 0.708 bits per heavy atom. The van der Waals surface area contributed by atoms with Crippen LogP contribution in [0.5, 0.6) is 0 Å². The average Bonchev–Trinajstić information content (AvgIpc) is 2.57. The van der Waals surface area contributed by atoms with Crippen LogP contribution in [0, 0.1) is 0 Å². The zero-order valence-electron chi connectivity index (χ0n) is 17.1. The summed E-state index contributed by atoms with van der Waals surface area (Å²) in [7, 11) is 0. The van der Waals surface area contributed by atoms with Crippen LogP contribution in [0.1, 0.15) is 98.8 Å². The molecule has 4 nitrogen and oxygen atoms in total. The molecule has 0 radical (unpaired) electrons. The molecule has 0 aliphatic heterocycles. The number of hydrogen-bond acceptors (Lipinski definition) is 4. The van der Waals surface area contributed by atoms with Gasteiger partial charge < -0.3 is 14.6 Å². The number of rotatable bonds is 13. The molecule has 0 aromatic carbocycles. The first-order valence-corrected chi connectivity index (χ1v) is 9.98. The van der Waals surface area contributed by atoms with E-state index in [2.05, 4.69) is 27.7 Å². The van der Waals surface area contributed by atoms with E-state index in [9.17, 15) is 4.79 Å². The predicted octanol–water partition coefficient (Wildman–Crippen LogP) is 5.51. The molecule has 0 saturated carbocycles. The molecule has 0 atom stereocenters. The normalized spacial score (nSPS) is 9.42. The van der Waals surface area contributed by atoms with Gasteiger partial charge >= 0.3 is 5.97 Å². The molecular formula is C20H44O4. The van der Waals surface area contributed by atoms with E-state index in [1.807, 2.05) is 6.92 Å². The minimum absolute atomic E-state index is 0.0593. The zero-order chi connectivity index (χ0) is 18.9. The first-order chi connectivity index (χ1) is 11.6. The Morgan fingerprint density at radius 3 is 1.50 bits per heavy atom. The number of hydrogen-bond donors (Lipinski definition) is 1. The molecule has 0 spiro atoms. The summed E-state index contributed by atoms with van der Waals surface area (Å²) in [6.45, 7) is 13.3. The molecule has 0 aromatic rings. The fraction of sp³-hybridized carbons (Fsp3) is 0.950. The first kappa shape index (κ1) is 28.2. The van der Waals surface area contributed by atoms with Crippen molar-refractivity contribution in [3.05, 3.63) is 0 Å². The van der Waals surface area contributed by atoms with Crippen LogP contribution in [-0.2, 0) is 14.3 Å². The molecule has 0 unspecified atom stereocenters. The number of esters is 1. The zero-order valence-corrected chi connectivity index (χ0v) is 17.1. The molecule has 0 amide bonds. The quantitative estimate of drug-likeness (QED) is 0.352. The van der Waals surface area contributed by atoms with Crippen LogP contribution in [0.25, 0.3) is 0 Å². The summed E-state index contributed by atoms with van der Waals surface area (Å²) in [4.78, 5) is 10.7. The lowest BCUT2D eigenvalue weighted by molar-refractivity contribution is -0.143. The van der Waals surface area contributed by atoms with Gasteiger partial charge in [-0.25, -0.2) is 0 Å². The second-order valence-electron chi connectivity index (χ2n) is 5.72. The van der Waals surface area contributed by atoms with Gasteiger partial charge in [0.25, 0.3) is 0 Å². The lowest BCUT2D eigenvalue weighted by Crippen LogP contribution is -2.04. The highest BCUT2D eigenvalue weighted by Gasteiger charge is 1.97. The largest absolute Gasteiger partial charge is 0.466 e. The summed E-state index contributed by atoms with van der Waals surface area (Å²) in [5, 5.41) is 8.07. The van der Waals surface area contributed by atoms with Crippen molar-refractivity contribution in [3.63, 3.8) is 0 Å². The van der Waals surface area contributed by atoms with E-state index < -0.39 is 0 Å². The lowest BCUT2D eigenvalue weighted by Gasteiger charge is -2.00. The third kappa shape index (κ3) is 37.5.